The first kappa shape index (κ1) is 22.0. The molecule has 0 heterocycles. The first-order valence-corrected chi connectivity index (χ1v) is 10.0. The molecule has 170 valence electrons. The van der Waals surface area contributed by atoms with E-state index in [9.17, 15) is 39.9 Å². The van der Waals surface area contributed by atoms with E-state index in [0.717, 1.165) is 0 Å². The summed E-state index contributed by atoms with van der Waals surface area (Å²) >= 11 is 0. The summed E-state index contributed by atoms with van der Waals surface area (Å²) in [7, 11) is 2.92. The number of benzene rings is 1. The van der Waals surface area contributed by atoms with Gasteiger partial charge in [0.05, 0.1) is 23.6 Å². The Hall–Kier alpha value is -3.21. The average molecular weight is 444 g/mol. The van der Waals surface area contributed by atoms with Crippen LogP contribution in [0.3, 0.4) is 0 Å². The molecule has 1 amide bonds. The second-order valence-corrected chi connectivity index (χ2v) is 8.79. The molecule has 0 radical (unpaired) electrons. The highest BCUT2D eigenvalue weighted by Crippen LogP contribution is 2.55. The highest BCUT2D eigenvalue weighted by molar-refractivity contribution is 6.24. The number of carbonyl (C=O) groups excluding carboxylic acids is 3. The summed E-state index contributed by atoms with van der Waals surface area (Å²) in [6.45, 7) is 1.68. The Morgan fingerprint density at radius 3 is 2.34 bits per heavy atom. The lowest BCUT2D eigenvalue weighted by atomic mass is 9.54. The normalized spacial score (nSPS) is 34.4. The fourth-order valence-electron chi connectivity index (χ4n) is 5.58. The average Bonchev–Trinajstić information content (AvgIpc) is 2.70. The molecule has 6 atom stereocenters. The summed E-state index contributed by atoms with van der Waals surface area (Å²) in [5.41, 5.74) is 1.47. The summed E-state index contributed by atoms with van der Waals surface area (Å²) in [6.07, 6.45) is -1.59. The molecule has 3 aliphatic carbocycles. The van der Waals surface area contributed by atoms with E-state index in [0.29, 0.717) is 5.56 Å². The van der Waals surface area contributed by atoms with E-state index in [1.807, 2.05) is 0 Å². The second-order valence-electron chi connectivity index (χ2n) is 8.79. The summed E-state index contributed by atoms with van der Waals surface area (Å²) in [6, 6.07) is 3.13. The minimum absolute atomic E-state index is 0.0245. The van der Waals surface area contributed by atoms with Crippen LogP contribution in [0.25, 0.3) is 5.76 Å². The van der Waals surface area contributed by atoms with Crippen LogP contribution in [-0.4, -0.2) is 79.7 Å². The predicted molar refractivity (Wildman–Crippen MR) is 110 cm³/mol. The molecule has 32 heavy (non-hydrogen) atoms. The fourth-order valence-corrected chi connectivity index (χ4v) is 5.58. The molecule has 0 bridgehead atoms. The van der Waals surface area contributed by atoms with Gasteiger partial charge in [-0.3, -0.25) is 19.3 Å². The van der Waals surface area contributed by atoms with E-state index >= 15 is 0 Å². The predicted octanol–water partition coefficient (Wildman–Crippen LogP) is -0.504. The fraction of sp³-hybridized carbons (Fsp3) is 0.409. The second kappa shape index (κ2) is 6.89. The van der Waals surface area contributed by atoms with Crippen LogP contribution in [0.4, 0.5) is 0 Å². The van der Waals surface area contributed by atoms with Crippen molar-refractivity contribution in [2.24, 2.45) is 17.6 Å². The lowest BCUT2D eigenvalue weighted by molar-refractivity contribution is -0.169. The number of carbonyl (C=O) groups is 3. The number of primary amides is 1. The monoisotopic (exact) mass is 444 g/mol. The number of nitrogens with zero attached hydrogens (tertiary/aromatic N) is 1. The van der Waals surface area contributed by atoms with Crippen LogP contribution in [0.5, 0.6) is 5.75 Å². The van der Waals surface area contributed by atoms with Gasteiger partial charge in [0.25, 0.3) is 5.91 Å². The SMILES string of the molecule is CC1c2cccc(O)c2C(O)=C2C(=O)[C@]3(O)C(O)=C(C(N)=O)C(=O)C(N(C)C)C3C(O)C21. The van der Waals surface area contributed by atoms with Crippen molar-refractivity contribution in [1.29, 1.82) is 0 Å². The Balaban J connectivity index is 2.07. The molecule has 4 rings (SSSR count). The van der Waals surface area contributed by atoms with Crippen molar-refractivity contribution >= 4 is 23.2 Å². The van der Waals surface area contributed by atoms with Crippen molar-refractivity contribution < 1.29 is 39.9 Å². The number of ketones is 2. The van der Waals surface area contributed by atoms with E-state index in [4.69, 9.17) is 5.73 Å². The zero-order valence-corrected chi connectivity index (χ0v) is 17.6. The van der Waals surface area contributed by atoms with Gasteiger partial charge < -0.3 is 31.3 Å². The first-order valence-electron chi connectivity index (χ1n) is 10.0. The van der Waals surface area contributed by atoms with Crippen LogP contribution in [0.2, 0.25) is 0 Å². The summed E-state index contributed by atoms with van der Waals surface area (Å²) in [5.74, 6) is -8.87. The van der Waals surface area contributed by atoms with Gasteiger partial charge in [0.1, 0.15) is 22.8 Å². The smallest absolute Gasteiger partial charge is 0.255 e. The number of rotatable bonds is 2. The molecule has 10 nitrogen and oxygen atoms in total. The van der Waals surface area contributed by atoms with E-state index in [2.05, 4.69) is 0 Å². The van der Waals surface area contributed by atoms with Crippen molar-refractivity contribution in [3.05, 3.63) is 46.2 Å². The lowest BCUT2D eigenvalue weighted by Crippen LogP contribution is -2.70. The van der Waals surface area contributed by atoms with Crippen LogP contribution in [0.15, 0.2) is 35.1 Å². The molecule has 10 heteroatoms. The number of aliphatic hydroxyl groups excluding tert-OH is 3. The number of amides is 1. The first-order chi connectivity index (χ1) is 14.9. The third-order valence-electron chi connectivity index (χ3n) is 6.99. The van der Waals surface area contributed by atoms with Crippen LogP contribution < -0.4 is 5.73 Å². The van der Waals surface area contributed by atoms with Crippen molar-refractivity contribution in [1.82, 2.24) is 4.90 Å². The van der Waals surface area contributed by atoms with Gasteiger partial charge in [-0.25, -0.2) is 0 Å². The highest BCUT2D eigenvalue weighted by Gasteiger charge is 2.68. The van der Waals surface area contributed by atoms with Crippen molar-refractivity contribution in [2.45, 2.75) is 30.6 Å². The zero-order valence-electron chi connectivity index (χ0n) is 17.6. The third kappa shape index (κ3) is 2.48. The van der Waals surface area contributed by atoms with E-state index in [-0.39, 0.29) is 11.3 Å². The molecule has 3 aliphatic rings. The number of aliphatic hydroxyl groups is 4. The lowest BCUT2D eigenvalue weighted by Gasteiger charge is -2.53. The van der Waals surface area contributed by atoms with E-state index < -0.39 is 75.6 Å². The van der Waals surface area contributed by atoms with E-state index in [1.165, 1.54) is 25.1 Å². The number of hydrogen-bond acceptors (Lipinski definition) is 9. The zero-order chi connectivity index (χ0) is 23.9. The Labute approximate surface area is 182 Å². The molecule has 0 aliphatic heterocycles. The van der Waals surface area contributed by atoms with Crippen LogP contribution in [0, 0.1) is 11.8 Å². The highest BCUT2D eigenvalue weighted by atomic mass is 16.4. The van der Waals surface area contributed by atoms with Gasteiger partial charge >= 0.3 is 0 Å². The number of phenols is 1. The molecule has 0 saturated heterocycles. The molecule has 5 unspecified atom stereocenters. The number of Topliss-reactive ketones (excluding diaryl/α,β-unsaturated/α-hetero) is 2. The number of nitrogens with two attached hydrogens (primary N) is 1. The number of hydrogen-bond donors (Lipinski definition) is 6. The van der Waals surface area contributed by atoms with Gasteiger partial charge in [-0.2, -0.15) is 0 Å². The molecule has 1 aromatic carbocycles. The maximum atomic E-state index is 13.7. The molecule has 7 N–H and O–H groups in total. The Bertz CT molecular complexity index is 1140. The van der Waals surface area contributed by atoms with E-state index in [1.54, 1.807) is 19.1 Å². The minimum Gasteiger partial charge on any atom is -0.508 e. The molecule has 1 aromatic rings. The van der Waals surface area contributed by atoms with Crippen molar-refractivity contribution in [2.75, 3.05) is 14.1 Å². The molecule has 0 aromatic heterocycles. The standard InChI is InChI=1S/C22H24N2O8/c1-7-8-5-4-6-9(25)11(8)16(26)12-10(7)17(27)14-15(24(2)3)18(28)13(21(23)31)20(30)22(14,32)19(12)29/h4-7,10,14-15,17,25-27,30,32H,1-3H3,(H2,23,31)/t7?,10?,14?,15?,17?,22-/m0/s1. The quantitative estimate of drug-likeness (QED) is 0.327. The molecular formula is C22H24N2O8. The molecule has 1 fully saturated rings. The van der Waals surface area contributed by atoms with Crippen LogP contribution in [-0.2, 0) is 14.4 Å². The number of likely N-dealkylation sites (N-methyl/N-ethyl adjacent to an activating group) is 1. The largest absolute Gasteiger partial charge is 0.508 e. The minimum atomic E-state index is -2.89. The Morgan fingerprint density at radius 1 is 1.16 bits per heavy atom. The number of phenolic OH excluding ortho intramolecular Hbond substituents is 1. The maximum Gasteiger partial charge on any atom is 0.255 e. The number of fused-ring (bicyclic) bond motifs is 3. The molecule has 1 saturated carbocycles. The van der Waals surface area contributed by atoms with Crippen LogP contribution in [0.1, 0.15) is 24.0 Å². The Kier molecular flexibility index (Phi) is 4.74. The third-order valence-corrected chi connectivity index (χ3v) is 6.99. The van der Waals surface area contributed by atoms with Gasteiger partial charge in [-0.1, -0.05) is 19.1 Å². The summed E-state index contributed by atoms with van der Waals surface area (Å²) in [5, 5.41) is 54.9. The van der Waals surface area contributed by atoms with Gasteiger partial charge in [0, 0.05) is 11.5 Å². The summed E-state index contributed by atoms with van der Waals surface area (Å²) in [4.78, 5) is 40.0. The van der Waals surface area contributed by atoms with Gasteiger partial charge in [-0.05, 0) is 31.6 Å². The van der Waals surface area contributed by atoms with Gasteiger partial charge in [0.2, 0.25) is 5.78 Å². The van der Waals surface area contributed by atoms with Crippen LogP contribution >= 0.6 is 0 Å². The topological polar surface area (TPSA) is 182 Å². The maximum absolute atomic E-state index is 13.7. The number of aromatic hydroxyl groups is 1. The van der Waals surface area contributed by atoms with Gasteiger partial charge in [0.15, 0.2) is 11.4 Å². The van der Waals surface area contributed by atoms with Crippen molar-refractivity contribution in [3.8, 4) is 5.75 Å². The summed E-state index contributed by atoms with van der Waals surface area (Å²) < 4.78 is 0. The van der Waals surface area contributed by atoms with Crippen molar-refractivity contribution in [3.63, 3.8) is 0 Å². The molecular weight excluding hydrogens is 420 g/mol. The Morgan fingerprint density at radius 2 is 1.78 bits per heavy atom. The van der Waals surface area contributed by atoms with Gasteiger partial charge in [-0.15, -0.1) is 0 Å². The molecule has 0 spiro atoms.